The fraction of sp³-hybridized carbons (Fsp3) is 0.250. The molecule has 5 nitrogen and oxygen atoms in total. The number of aromatic nitrogens is 3. The summed E-state index contributed by atoms with van der Waals surface area (Å²) in [5.74, 6) is 2.66. The smallest absolute Gasteiger partial charge is 0.245 e. The van der Waals surface area contributed by atoms with Crippen LogP contribution in [-0.2, 0) is 29.9 Å². The molecule has 0 atom stereocenters. The predicted octanol–water partition coefficient (Wildman–Crippen LogP) is 2.76. The first-order valence-corrected chi connectivity index (χ1v) is 8.34. The molecule has 0 saturated heterocycles. The molecule has 0 aliphatic carbocycles. The van der Waals surface area contributed by atoms with E-state index in [1.807, 2.05) is 53.8 Å². The molecule has 112 valence electrons. The number of amides is 1. The Bertz CT molecular complexity index is 864. The summed E-state index contributed by atoms with van der Waals surface area (Å²) < 4.78 is 3.74. The molecule has 0 fully saturated rings. The third-order valence-electron chi connectivity index (χ3n) is 3.97. The van der Waals surface area contributed by atoms with Crippen LogP contribution in [0.2, 0.25) is 0 Å². The van der Waals surface area contributed by atoms with Gasteiger partial charge in [0.2, 0.25) is 5.91 Å². The number of para-hydroxylation sites is 1. The number of nitrogens with zero attached hydrogens (tertiary/aromatic N) is 3. The number of hydrogen-bond acceptors (Lipinski definition) is 3. The lowest BCUT2D eigenvalue weighted by molar-refractivity contribution is -0.116. The third-order valence-corrected chi connectivity index (χ3v) is 4.94. The maximum absolute atomic E-state index is 12.4. The number of carbonyl (C=O) groups excluding carboxylic acids is 1. The van der Waals surface area contributed by atoms with Crippen molar-refractivity contribution in [3.8, 4) is 0 Å². The lowest BCUT2D eigenvalue weighted by Gasteiger charge is -2.09. The Balaban J connectivity index is 1.56. The number of nitrogens with one attached hydrogen (secondary N) is 1. The van der Waals surface area contributed by atoms with Gasteiger partial charge in [0.15, 0.2) is 0 Å². The average molecular weight is 312 g/mol. The van der Waals surface area contributed by atoms with Crippen molar-refractivity contribution in [3.05, 3.63) is 47.8 Å². The molecule has 0 bridgehead atoms. The molecule has 1 aromatic carbocycles. The fourth-order valence-electron chi connectivity index (χ4n) is 2.90. The topological polar surface area (TPSA) is 51.9 Å². The molecule has 0 spiro atoms. The van der Waals surface area contributed by atoms with E-state index in [-0.39, 0.29) is 5.91 Å². The highest BCUT2D eigenvalue weighted by Gasteiger charge is 2.22. The van der Waals surface area contributed by atoms with Crippen molar-refractivity contribution in [1.82, 2.24) is 14.3 Å². The first-order valence-electron chi connectivity index (χ1n) is 7.18. The normalized spacial score (nSPS) is 13.5. The van der Waals surface area contributed by atoms with Crippen molar-refractivity contribution in [3.63, 3.8) is 0 Å². The van der Waals surface area contributed by atoms with Gasteiger partial charge >= 0.3 is 0 Å². The Labute approximate surface area is 132 Å². The van der Waals surface area contributed by atoms with Crippen molar-refractivity contribution in [1.29, 1.82) is 0 Å². The quantitative estimate of drug-likeness (QED) is 0.809. The van der Waals surface area contributed by atoms with Crippen molar-refractivity contribution in [2.45, 2.75) is 18.1 Å². The number of fused-ring (bicyclic) bond motifs is 2. The monoisotopic (exact) mass is 312 g/mol. The van der Waals surface area contributed by atoms with E-state index in [1.54, 1.807) is 4.68 Å². The summed E-state index contributed by atoms with van der Waals surface area (Å²) in [7, 11) is 1.88. The molecular weight excluding hydrogens is 296 g/mol. The molecule has 22 heavy (non-hydrogen) atoms. The summed E-state index contributed by atoms with van der Waals surface area (Å²) in [6.07, 6.45) is 1.95. The number of carbonyl (C=O) groups is 1. The summed E-state index contributed by atoms with van der Waals surface area (Å²) in [6.45, 7) is 0.306. The molecule has 4 rings (SSSR count). The van der Waals surface area contributed by atoms with Crippen molar-refractivity contribution >= 4 is 34.4 Å². The lowest BCUT2D eigenvalue weighted by Crippen LogP contribution is -2.20. The molecule has 1 aliphatic rings. The Morgan fingerprint density at radius 2 is 2.18 bits per heavy atom. The van der Waals surface area contributed by atoms with Crippen LogP contribution in [0.15, 0.2) is 36.5 Å². The van der Waals surface area contributed by atoms with Crippen molar-refractivity contribution in [2.75, 3.05) is 5.32 Å². The van der Waals surface area contributed by atoms with Crippen LogP contribution < -0.4 is 5.32 Å². The maximum atomic E-state index is 12.4. The van der Waals surface area contributed by atoms with E-state index in [1.165, 1.54) is 5.56 Å². The second-order valence-corrected chi connectivity index (χ2v) is 6.43. The van der Waals surface area contributed by atoms with Crippen LogP contribution in [0.4, 0.5) is 5.82 Å². The molecule has 3 heterocycles. The molecule has 1 N–H and O–H groups in total. The van der Waals surface area contributed by atoms with Crippen LogP contribution in [0.25, 0.3) is 10.9 Å². The van der Waals surface area contributed by atoms with E-state index in [9.17, 15) is 4.79 Å². The van der Waals surface area contributed by atoms with Gasteiger partial charge in [0, 0.05) is 35.8 Å². The molecule has 1 aliphatic heterocycles. The summed E-state index contributed by atoms with van der Waals surface area (Å²) >= 11 is 1.83. The average Bonchev–Trinajstić information content (AvgIpc) is 3.18. The minimum Gasteiger partial charge on any atom is -0.338 e. The van der Waals surface area contributed by atoms with E-state index in [0.29, 0.717) is 6.54 Å². The SMILES string of the molecule is Cn1nc2c(c1NC(=O)Cn1ccc3ccccc31)CSC2. The van der Waals surface area contributed by atoms with E-state index in [0.717, 1.165) is 33.9 Å². The van der Waals surface area contributed by atoms with Gasteiger partial charge in [-0.2, -0.15) is 16.9 Å². The highest BCUT2D eigenvalue weighted by molar-refractivity contribution is 7.98. The number of aryl methyl sites for hydroxylation is 1. The van der Waals surface area contributed by atoms with Crippen molar-refractivity contribution < 1.29 is 4.79 Å². The highest BCUT2D eigenvalue weighted by Crippen LogP contribution is 2.34. The van der Waals surface area contributed by atoms with E-state index >= 15 is 0 Å². The van der Waals surface area contributed by atoms with Gasteiger partial charge in [-0.15, -0.1) is 0 Å². The number of rotatable bonds is 3. The number of benzene rings is 1. The minimum absolute atomic E-state index is 0.0240. The Morgan fingerprint density at radius 3 is 3.09 bits per heavy atom. The van der Waals surface area contributed by atoms with E-state index in [2.05, 4.69) is 16.5 Å². The zero-order valence-corrected chi connectivity index (χ0v) is 13.1. The van der Waals surface area contributed by atoms with Crippen LogP contribution in [0.5, 0.6) is 0 Å². The van der Waals surface area contributed by atoms with Crippen molar-refractivity contribution in [2.24, 2.45) is 7.05 Å². The van der Waals surface area contributed by atoms with Gasteiger partial charge < -0.3 is 9.88 Å². The van der Waals surface area contributed by atoms with Gasteiger partial charge in [0.25, 0.3) is 0 Å². The summed E-state index contributed by atoms with van der Waals surface area (Å²) in [5, 5.41) is 8.63. The maximum Gasteiger partial charge on any atom is 0.245 e. The minimum atomic E-state index is -0.0240. The van der Waals surface area contributed by atoms with Gasteiger partial charge in [0.05, 0.1) is 5.69 Å². The second-order valence-electron chi connectivity index (χ2n) is 5.44. The molecule has 2 aromatic heterocycles. The van der Waals surface area contributed by atoms with Crippen LogP contribution in [0, 0.1) is 0 Å². The standard InChI is InChI=1S/C16H16N4OS/c1-19-16(12-9-22-10-13(12)18-19)17-15(21)8-20-7-6-11-4-2-3-5-14(11)20/h2-7H,8-10H2,1H3,(H,17,21). The van der Waals surface area contributed by atoms with Gasteiger partial charge in [-0.3, -0.25) is 9.48 Å². The summed E-state index contributed by atoms with van der Waals surface area (Å²) in [4.78, 5) is 12.4. The van der Waals surface area contributed by atoms with Crippen LogP contribution in [0.1, 0.15) is 11.3 Å². The summed E-state index contributed by atoms with van der Waals surface area (Å²) in [5.41, 5.74) is 3.33. The molecule has 6 heteroatoms. The predicted molar refractivity (Wildman–Crippen MR) is 88.8 cm³/mol. The van der Waals surface area contributed by atoms with Gasteiger partial charge in [-0.05, 0) is 17.5 Å². The zero-order valence-electron chi connectivity index (χ0n) is 12.2. The second kappa shape index (κ2) is 5.21. The van der Waals surface area contributed by atoms with Crippen LogP contribution >= 0.6 is 11.8 Å². The molecule has 0 saturated carbocycles. The molecule has 1 amide bonds. The third kappa shape index (κ3) is 2.20. The fourth-order valence-corrected chi connectivity index (χ4v) is 3.94. The largest absolute Gasteiger partial charge is 0.338 e. The Morgan fingerprint density at radius 1 is 1.32 bits per heavy atom. The number of anilines is 1. The van der Waals surface area contributed by atoms with E-state index < -0.39 is 0 Å². The number of thioether (sulfide) groups is 1. The van der Waals surface area contributed by atoms with Crippen LogP contribution in [-0.4, -0.2) is 20.3 Å². The Hall–Kier alpha value is -2.21. The molecule has 3 aromatic rings. The van der Waals surface area contributed by atoms with Gasteiger partial charge in [-0.25, -0.2) is 0 Å². The summed E-state index contributed by atoms with van der Waals surface area (Å²) in [6, 6.07) is 10.1. The first kappa shape index (κ1) is 13.5. The molecule has 0 unspecified atom stereocenters. The zero-order chi connectivity index (χ0) is 15.1. The molecule has 0 radical (unpaired) electrons. The van der Waals surface area contributed by atoms with E-state index in [4.69, 9.17) is 0 Å². The Kier molecular flexibility index (Phi) is 3.18. The van der Waals surface area contributed by atoms with Crippen LogP contribution in [0.3, 0.4) is 0 Å². The first-order chi connectivity index (χ1) is 10.7. The molecular formula is C16H16N4OS. The van der Waals surface area contributed by atoms with Gasteiger partial charge in [-0.1, -0.05) is 18.2 Å². The highest BCUT2D eigenvalue weighted by atomic mass is 32.2. The lowest BCUT2D eigenvalue weighted by atomic mass is 10.2. The van der Waals surface area contributed by atoms with Gasteiger partial charge in [0.1, 0.15) is 12.4 Å². The number of hydrogen-bond donors (Lipinski definition) is 1.